The first kappa shape index (κ1) is 16.8. The van der Waals surface area contributed by atoms with E-state index < -0.39 is 22.3 Å². The number of hydrogen-bond donors (Lipinski definition) is 2. The molecule has 2 aromatic carbocycles. The number of hydrogen-bond acceptors (Lipinski definition) is 6. The van der Waals surface area contributed by atoms with Crippen molar-refractivity contribution < 1.29 is 19.2 Å². The highest BCUT2D eigenvalue weighted by molar-refractivity contribution is 7.85. The second kappa shape index (κ2) is 6.86. The van der Waals surface area contributed by atoms with Crippen molar-refractivity contribution in [3.05, 3.63) is 59.9 Å². The number of ketones is 1. The maximum Gasteiger partial charge on any atom is 0.226 e. The number of Topliss-reactive ketones (excluding diaryl/α,β-unsaturated/α-hetero) is 1. The summed E-state index contributed by atoms with van der Waals surface area (Å²) in [7, 11) is -1.72. The molecule has 7 nitrogen and oxygen atoms in total. The number of phenols is 2. The van der Waals surface area contributed by atoms with Gasteiger partial charge in [0, 0.05) is 11.3 Å². The number of carbonyl (C=O) groups excluding carboxylic acids is 1. The Kier molecular flexibility index (Phi) is 4.62. The monoisotopic (exact) mass is 357 g/mol. The summed E-state index contributed by atoms with van der Waals surface area (Å²) in [5.41, 5.74) is 1.99. The van der Waals surface area contributed by atoms with Crippen LogP contribution in [0.2, 0.25) is 0 Å². The fourth-order valence-corrected chi connectivity index (χ4v) is 3.27. The quantitative estimate of drug-likeness (QED) is 0.534. The molecular weight excluding hydrogens is 342 g/mol. The third-order valence-electron chi connectivity index (χ3n) is 3.59. The van der Waals surface area contributed by atoms with Crippen LogP contribution in [0.4, 0.5) is 0 Å². The Bertz CT molecular complexity index is 951. The minimum atomic E-state index is -1.72. The summed E-state index contributed by atoms with van der Waals surface area (Å²) in [5.74, 6) is -1.47. The summed E-state index contributed by atoms with van der Waals surface area (Å²) >= 11 is 0. The fraction of sp³-hybridized carbons (Fsp3) is 0.118. The number of rotatable bonds is 5. The molecule has 0 aliphatic heterocycles. The molecule has 3 aromatic rings. The van der Waals surface area contributed by atoms with E-state index in [1.54, 1.807) is 4.57 Å². The first-order valence-corrected chi connectivity index (χ1v) is 8.68. The molecule has 0 bridgehead atoms. The Morgan fingerprint density at radius 2 is 1.84 bits per heavy atom. The van der Waals surface area contributed by atoms with E-state index in [0.29, 0.717) is 0 Å². The minimum Gasteiger partial charge on any atom is -0.504 e. The van der Waals surface area contributed by atoms with E-state index in [1.807, 2.05) is 31.2 Å². The smallest absolute Gasteiger partial charge is 0.226 e. The van der Waals surface area contributed by atoms with Crippen molar-refractivity contribution >= 4 is 16.6 Å². The summed E-state index contributed by atoms with van der Waals surface area (Å²) in [5, 5.41) is 26.6. The molecule has 0 aliphatic carbocycles. The second-order valence-electron chi connectivity index (χ2n) is 5.44. The van der Waals surface area contributed by atoms with Crippen LogP contribution >= 0.6 is 0 Å². The molecule has 0 saturated heterocycles. The second-order valence-corrected chi connectivity index (χ2v) is 6.78. The molecule has 0 saturated carbocycles. The summed E-state index contributed by atoms with van der Waals surface area (Å²) in [6.45, 7) is 1.96. The normalized spacial score (nSPS) is 12.0. The molecular formula is C17H15N3O4S. The lowest BCUT2D eigenvalue weighted by atomic mass is 10.1. The van der Waals surface area contributed by atoms with Gasteiger partial charge in [-0.15, -0.1) is 10.2 Å². The van der Waals surface area contributed by atoms with Gasteiger partial charge in [-0.3, -0.25) is 13.6 Å². The van der Waals surface area contributed by atoms with Crippen LogP contribution in [0.5, 0.6) is 11.5 Å². The summed E-state index contributed by atoms with van der Waals surface area (Å²) < 4.78 is 14.1. The molecule has 0 spiro atoms. The average molecular weight is 357 g/mol. The van der Waals surface area contributed by atoms with Gasteiger partial charge in [0.15, 0.2) is 17.3 Å². The van der Waals surface area contributed by atoms with Crippen LogP contribution in [-0.2, 0) is 10.8 Å². The van der Waals surface area contributed by atoms with Crippen molar-refractivity contribution in [3.63, 3.8) is 0 Å². The Hall–Kier alpha value is -3.00. The van der Waals surface area contributed by atoms with Crippen molar-refractivity contribution in [2.45, 2.75) is 12.1 Å². The third-order valence-corrected chi connectivity index (χ3v) is 4.80. The lowest BCUT2D eigenvalue weighted by Gasteiger charge is -2.07. The maximum absolute atomic E-state index is 12.6. The van der Waals surface area contributed by atoms with Crippen molar-refractivity contribution in [3.8, 4) is 17.2 Å². The van der Waals surface area contributed by atoms with Crippen molar-refractivity contribution in [2.75, 3.05) is 5.75 Å². The van der Waals surface area contributed by atoms with E-state index in [-0.39, 0.29) is 22.2 Å². The van der Waals surface area contributed by atoms with Gasteiger partial charge in [-0.05, 0) is 37.3 Å². The van der Waals surface area contributed by atoms with E-state index >= 15 is 0 Å². The zero-order valence-corrected chi connectivity index (χ0v) is 14.1. The van der Waals surface area contributed by atoms with Crippen LogP contribution in [0, 0.1) is 6.92 Å². The van der Waals surface area contributed by atoms with Crippen LogP contribution in [-0.4, -0.2) is 40.7 Å². The van der Waals surface area contributed by atoms with Gasteiger partial charge in [0.25, 0.3) is 0 Å². The maximum atomic E-state index is 12.6. The van der Waals surface area contributed by atoms with E-state index in [1.165, 1.54) is 18.5 Å². The molecule has 8 heteroatoms. The average Bonchev–Trinajstić information content (AvgIpc) is 3.07. The van der Waals surface area contributed by atoms with Crippen LogP contribution in [0.3, 0.4) is 0 Å². The molecule has 0 radical (unpaired) electrons. The molecule has 1 atom stereocenters. The Labute approximate surface area is 146 Å². The van der Waals surface area contributed by atoms with E-state index in [9.17, 15) is 19.2 Å². The number of benzene rings is 2. The highest BCUT2D eigenvalue weighted by Gasteiger charge is 2.19. The van der Waals surface area contributed by atoms with Crippen LogP contribution in [0.15, 0.2) is 53.9 Å². The zero-order valence-electron chi connectivity index (χ0n) is 13.3. The molecule has 25 heavy (non-hydrogen) atoms. The van der Waals surface area contributed by atoms with Gasteiger partial charge in [0.05, 0.1) is 16.6 Å². The first-order valence-electron chi connectivity index (χ1n) is 7.36. The number of carbonyl (C=O) groups is 1. The SMILES string of the molecule is Cc1ccc(-n2cnnc2S(=O)CC(=O)c2ccc(O)c(O)c2)cc1. The number of aromatic nitrogens is 3. The molecule has 2 N–H and O–H groups in total. The van der Waals surface area contributed by atoms with Crippen LogP contribution < -0.4 is 0 Å². The lowest BCUT2D eigenvalue weighted by Crippen LogP contribution is -2.14. The Morgan fingerprint density at radius 3 is 2.52 bits per heavy atom. The van der Waals surface area contributed by atoms with Gasteiger partial charge < -0.3 is 10.2 Å². The summed E-state index contributed by atoms with van der Waals surface area (Å²) in [6, 6.07) is 11.2. The predicted molar refractivity (Wildman–Crippen MR) is 91.5 cm³/mol. The molecule has 1 aromatic heterocycles. The standard InChI is InChI=1S/C17H15N3O4S/c1-11-2-5-13(6-3-11)20-10-18-19-17(20)25(24)9-16(23)12-4-7-14(21)15(22)8-12/h2-8,10,21-22H,9H2,1H3. The largest absolute Gasteiger partial charge is 0.504 e. The van der Waals surface area contributed by atoms with Crippen molar-refractivity contribution in [2.24, 2.45) is 0 Å². The van der Waals surface area contributed by atoms with Gasteiger partial charge in [-0.1, -0.05) is 17.7 Å². The fourth-order valence-electron chi connectivity index (χ4n) is 2.23. The minimum absolute atomic E-state index is 0.157. The molecule has 0 aliphatic rings. The van der Waals surface area contributed by atoms with Crippen LogP contribution in [0.25, 0.3) is 5.69 Å². The van der Waals surface area contributed by atoms with Gasteiger partial charge in [0.1, 0.15) is 6.33 Å². The van der Waals surface area contributed by atoms with Gasteiger partial charge in [0.2, 0.25) is 5.16 Å². The van der Waals surface area contributed by atoms with E-state index in [4.69, 9.17) is 0 Å². The van der Waals surface area contributed by atoms with Crippen molar-refractivity contribution in [1.29, 1.82) is 0 Å². The molecule has 1 heterocycles. The number of aryl methyl sites for hydroxylation is 1. The summed E-state index contributed by atoms with van der Waals surface area (Å²) in [6.07, 6.45) is 1.44. The highest BCUT2D eigenvalue weighted by Crippen LogP contribution is 2.25. The predicted octanol–water partition coefficient (Wildman–Crippen LogP) is 1.98. The highest BCUT2D eigenvalue weighted by atomic mass is 32.2. The Balaban J connectivity index is 1.82. The number of aromatic hydroxyl groups is 2. The lowest BCUT2D eigenvalue weighted by molar-refractivity contribution is 0.102. The van der Waals surface area contributed by atoms with Gasteiger partial charge in [-0.25, -0.2) is 0 Å². The number of nitrogens with zero attached hydrogens (tertiary/aromatic N) is 3. The van der Waals surface area contributed by atoms with E-state index in [2.05, 4.69) is 10.2 Å². The van der Waals surface area contributed by atoms with Gasteiger partial charge in [-0.2, -0.15) is 0 Å². The number of phenolic OH excluding ortho intramolecular Hbond substituents is 2. The zero-order chi connectivity index (χ0) is 18.0. The molecule has 3 rings (SSSR count). The molecule has 128 valence electrons. The molecule has 0 amide bonds. The van der Waals surface area contributed by atoms with Crippen molar-refractivity contribution in [1.82, 2.24) is 14.8 Å². The molecule has 0 fully saturated rings. The van der Waals surface area contributed by atoms with E-state index in [0.717, 1.165) is 17.3 Å². The summed E-state index contributed by atoms with van der Waals surface area (Å²) in [4.78, 5) is 12.3. The van der Waals surface area contributed by atoms with Crippen LogP contribution in [0.1, 0.15) is 15.9 Å². The molecule has 1 unspecified atom stereocenters. The first-order chi connectivity index (χ1) is 12.0. The van der Waals surface area contributed by atoms with Gasteiger partial charge >= 0.3 is 0 Å². The Morgan fingerprint density at radius 1 is 1.12 bits per heavy atom. The third kappa shape index (κ3) is 3.58. The topological polar surface area (TPSA) is 105 Å².